The van der Waals surface area contributed by atoms with Gasteiger partial charge >= 0.3 is 5.97 Å². The van der Waals surface area contributed by atoms with Crippen LogP contribution in [-0.2, 0) is 9.53 Å². The van der Waals surface area contributed by atoms with Crippen LogP contribution in [0.25, 0.3) is 0 Å². The van der Waals surface area contributed by atoms with Crippen LogP contribution in [-0.4, -0.2) is 48.3 Å². The molecule has 0 bridgehead atoms. The second kappa shape index (κ2) is 5.15. The molecule has 0 amide bonds. The van der Waals surface area contributed by atoms with Gasteiger partial charge in [-0.2, -0.15) is 0 Å². The van der Waals surface area contributed by atoms with E-state index in [-0.39, 0.29) is 18.1 Å². The first-order chi connectivity index (χ1) is 7.70. The Balaban J connectivity index is 1.79. The van der Waals surface area contributed by atoms with Gasteiger partial charge in [0.25, 0.3) is 0 Å². The monoisotopic (exact) mass is 227 g/mol. The highest BCUT2D eigenvalue weighted by atomic mass is 16.5. The third kappa shape index (κ3) is 2.55. The standard InChI is InChI=1S/C12H21NO3/c1-16-12(15)11-5-6-13(11)8-9-3-2-4-10(14)7-9/h9-11,14H,2-8H2,1H3. The van der Waals surface area contributed by atoms with Crippen molar-refractivity contribution in [3.05, 3.63) is 0 Å². The van der Waals surface area contributed by atoms with Crippen molar-refractivity contribution in [1.82, 2.24) is 4.90 Å². The molecule has 0 aromatic rings. The second-order valence-corrected chi connectivity index (χ2v) is 5.01. The molecule has 2 rings (SSSR count). The minimum Gasteiger partial charge on any atom is -0.468 e. The first-order valence-corrected chi connectivity index (χ1v) is 6.20. The number of esters is 1. The lowest BCUT2D eigenvalue weighted by Crippen LogP contribution is -2.54. The van der Waals surface area contributed by atoms with Crippen LogP contribution < -0.4 is 0 Å². The zero-order valence-electron chi connectivity index (χ0n) is 9.89. The summed E-state index contributed by atoms with van der Waals surface area (Å²) in [7, 11) is 1.45. The number of hydrogen-bond donors (Lipinski definition) is 1. The number of methoxy groups -OCH3 is 1. The van der Waals surface area contributed by atoms with Gasteiger partial charge in [0.05, 0.1) is 13.2 Å². The minimum atomic E-state index is -0.128. The topological polar surface area (TPSA) is 49.8 Å². The number of ether oxygens (including phenoxy) is 1. The second-order valence-electron chi connectivity index (χ2n) is 5.01. The maximum absolute atomic E-state index is 11.4. The van der Waals surface area contributed by atoms with E-state index in [1.165, 1.54) is 13.5 Å². The fraction of sp³-hybridized carbons (Fsp3) is 0.917. The summed E-state index contributed by atoms with van der Waals surface area (Å²) in [5, 5.41) is 9.59. The number of rotatable bonds is 3. The molecule has 2 aliphatic rings. The lowest BCUT2D eigenvalue weighted by Gasteiger charge is -2.41. The van der Waals surface area contributed by atoms with Gasteiger partial charge in [-0.3, -0.25) is 9.69 Å². The number of carbonyl (C=O) groups is 1. The summed E-state index contributed by atoms with van der Waals surface area (Å²) in [6.07, 6.45) is 4.92. The van der Waals surface area contributed by atoms with E-state index in [4.69, 9.17) is 4.74 Å². The van der Waals surface area contributed by atoms with Crippen LogP contribution in [0.1, 0.15) is 32.1 Å². The van der Waals surface area contributed by atoms with Gasteiger partial charge in [-0.1, -0.05) is 6.42 Å². The molecule has 1 aliphatic heterocycles. The van der Waals surface area contributed by atoms with Gasteiger partial charge in [0.15, 0.2) is 0 Å². The third-order valence-electron chi connectivity index (χ3n) is 3.85. The Morgan fingerprint density at radius 2 is 2.25 bits per heavy atom. The summed E-state index contributed by atoms with van der Waals surface area (Å²) in [6.45, 7) is 1.93. The molecule has 0 aromatic heterocycles. The number of hydrogen-bond acceptors (Lipinski definition) is 4. The number of nitrogens with zero attached hydrogens (tertiary/aromatic N) is 1. The minimum absolute atomic E-state index is 0.0240. The molecule has 4 nitrogen and oxygen atoms in total. The SMILES string of the molecule is COC(=O)C1CCN1CC1CCCC(O)C1. The lowest BCUT2D eigenvalue weighted by atomic mass is 9.85. The predicted octanol–water partition coefficient (Wildman–Crippen LogP) is 0.785. The molecule has 0 radical (unpaired) electrons. The average molecular weight is 227 g/mol. The zero-order chi connectivity index (χ0) is 11.5. The molecule has 92 valence electrons. The van der Waals surface area contributed by atoms with Crippen LogP contribution in [0.5, 0.6) is 0 Å². The van der Waals surface area contributed by atoms with E-state index < -0.39 is 0 Å². The third-order valence-corrected chi connectivity index (χ3v) is 3.85. The van der Waals surface area contributed by atoms with Gasteiger partial charge in [-0.15, -0.1) is 0 Å². The summed E-state index contributed by atoms with van der Waals surface area (Å²) in [4.78, 5) is 13.6. The molecule has 2 fully saturated rings. The van der Waals surface area contributed by atoms with E-state index >= 15 is 0 Å². The van der Waals surface area contributed by atoms with E-state index in [2.05, 4.69) is 4.90 Å². The Morgan fingerprint density at radius 3 is 2.81 bits per heavy atom. The first-order valence-electron chi connectivity index (χ1n) is 6.20. The largest absolute Gasteiger partial charge is 0.468 e. The van der Waals surface area contributed by atoms with Crippen molar-refractivity contribution >= 4 is 5.97 Å². The number of aliphatic hydroxyl groups is 1. The van der Waals surface area contributed by atoms with E-state index in [9.17, 15) is 9.90 Å². The Morgan fingerprint density at radius 1 is 1.44 bits per heavy atom. The Hall–Kier alpha value is -0.610. The predicted molar refractivity (Wildman–Crippen MR) is 60.0 cm³/mol. The zero-order valence-corrected chi connectivity index (χ0v) is 9.89. The van der Waals surface area contributed by atoms with Gasteiger partial charge < -0.3 is 9.84 Å². The molecule has 1 N–H and O–H groups in total. The van der Waals surface area contributed by atoms with Crippen LogP contribution in [0.2, 0.25) is 0 Å². The first kappa shape index (κ1) is 11.9. The summed E-state index contributed by atoms with van der Waals surface area (Å²) in [6, 6.07) is -0.0240. The maximum Gasteiger partial charge on any atom is 0.323 e. The van der Waals surface area contributed by atoms with Crippen molar-refractivity contribution in [3.63, 3.8) is 0 Å². The van der Waals surface area contributed by atoms with Gasteiger partial charge in [0.2, 0.25) is 0 Å². The van der Waals surface area contributed by atoms with Crippen molar-refractivity contribution in [1.29, 1.82) is 0 Å². The van der Waals surface area contributed by atoms with E-state index in [0.717, 1.165) is 38.8 Å². The van der Waals surface area contributed by atoms with Crippen molar-refractivity contribution in [3.8, 4) is 0 Å². The normalized spacial score (nSPS) is 35.5. The van der Waals surface area contributed by atoms with Gasteiger partial charge in [-0.25, -0.2) is 0 Å². The Kier molecular flexibility index (Phi) is 3.82. The molecule has 1 aliphatic carbocycles. The fourth-order valence-corrected chi connectivity index (χ4v) is 2.82. The molecule has 1 saturated carbocycles. The fourth-order valence-electron chi connectivity index (χ4n) is 2.82. The lowest BCUT2D eigenvalue weighted by molar-refractivity contribution is -0.152. The molecular formula is C12H21NO3. The van der Waals surface area contributed by atoms with Crippen molar-refractivity contribution < 1.29 is 14.6 Å². The smallest absolute Gasteiger partial charge is 0.323 e. The summed E-state index contributed by atoms with van der Waals surface area (Å²) in [5.41, 5.74) is 0. The molecule has 0 spiro atoms. The highest BCUT2D eigenvalue weighted by Gasteiger charge is 2.36. The molecular weight excluding hydrogens is 206 g/mol. The van der Waals surface area contributed by atoms with Crippen molar-refractivity contribution in [2.24, 2.45) is 5.92 Å². The Bertz CT molecular complexity index is 257. The van der Waals surface area contributed by atoms with E-state index in [1.807, 2.05) is 0 Å². The van der Waals surface area contributed by atoms with Gasteiger partial charge in [0, 0.05) is 13.1 Å². The van der Waals surface area contributed by atoms with Crippen LogP contribution in [0.4, 0.5) is 0 Å². The molecule has 3 atom stereocenters. The highest BCUT2D eigenvalue weighted by molar-refractivity contribution is 5.76. The number of likely N-dealkylation sites (tertiary alicyclic amines) is 1. The van der Waals surface area contributed by atoms with Crippen molar-refractivity contribution in [2.75, 3.05) is 20.2 Å². The molecule has 1 saturated heterocycles. The maximum atomic E-state index is 11.4. The number of aliphatic hydroxyl groups excluding tert-OH is 1. The van der Waals surface area contributed by atoms with Crippen LogP contribution in [0, 0.1) is 5.92 Å². The van der Waals surface area contributed by atoms with Crippen LogP contribution >= 0.6 is 0 Å². The molecule has 3 unspecified atom stereocenters. The summed E-state index contributed by atoms with van der Waals surface area (Å²) >= 11 is 0. The van der Waals surface area contributed by atoms with Crippen LogP contribution in [0.15, 0.2) is 0 Å². The van der Waals surface area contributed by atoms with Crippen LogP contribution in [0.3, 0.4) is 0 Å². The van der Waals surface area contributed by atoms with Crippen molar-refractivity contribution in [2.45, 2.75) is 44.2 Å². The summed E-state index contributed by atoms with van der Waals surface area (Å²) in [5.74, 6) is 0.443. The van der Waals surface area contributed by atoms with Gasteiger partial charge in [0.1, 0.15) is 6.04 Å². The quantitative estimate of drug-likeness (QED) is 0.724. The number of carbonyl (C=O) groups excluding carboxylic acids is 1. The molecule has 16 heavy (non-hydrogen) atoms. The van der Waals surface area contributed by atoms with Gasteiger partial charge in [-0.05, 0) is 31.6 Å². The highest BCUT2D eigenvalue weighted by Crippen LogP contribution is 2.28. The summed E-state index contributed by atoms with van der Waals surface area (Å²) < 4.78 is 4.76. The molecule has 4 heteroatoms. The molecule has 1 heterocycles. The van der Waals surface area contributed by atoms with E-state index in [0.29, 0.717) is 5.92 Å². The molecule has 0 aromatic carbocycles. The Labute approximate surface area is 96.6 Å². The van der Waals surface area contributed by atoms with E-state index in [1.54, 1.807) is 0 Å². The average Bonchev–Trinajstić information content (AvgIpc) is 2.24.